The van der Waals surface area contributed by atoms with E-state index in [4.69, 9.17) is 0 Å². The molecule has 1 aromatic heterocycles. The Morgan fingerprint density at radius 3 is 2.56 bits per heavy atom. The Balaban J connectivity index is 3.49. The maximum atomic E-state index is 11.1. The molecule has 0 fully saturated rings. The molecule has 16 heavy (non-hydrogen) atoms. The second-order valence-electron chi connectivity index (χ2n) is 2.66. The average molecular weight is 368 g/mol. The van der Waals surface area contributed by atoms with E-state index in [0.29, 0.717) is 4.47 Å². The molecule has 0 saturated carbocycles. The van der Waals surface area contributed by atoms with Crippen LogP contribution in [-0.4, -0.2) is 15.0 Å². The summed E-state index contributed by atoms with van der Waals surface area (Å²) in [5.41, 5.74) is 0.328. The zero-order valence-electron chi connectivity index (χ0n) is 7.61. The lowest BCUT2D eigenvalue weighted by Gasteiger charge is -2.06. The second kappa shape index (κ2) is 5.07. The Kier molecular flexibility index (Phi) is 4.22. The van der Waals surface area contributed by atoms with Gasteiger partial charge in [0.05, 0.1) is 4.47 Å². The number of hydrogen-bond donors (Lipinski definition) is 1. The Labute approximate surface area is 113 Å². The monoisotopic (exact) mass is 366 g/mol. The first kappa shape index (κ1) is 13.3. The van der Waals surface area contributed by atoms with Gasteiger partial charge < -0.3 is 10.1 Å². The van der Waals surface area contributed by atoms with Crippen molar-refractivity contribution >= 4 is 61.0 Å². The van der Waals surface area contributed by atoms with E-state index in [2.05, 4.69) is 56.1 Å². The van der Waals surface area contributed by atoms with Crippen molar-refractivity contribution in [3.05, 3.63) is 37.4 Å². The summed E-state index contributed by atoms with van der Waals surface area (Å²) in [5.74, 6) is -0.381. The van der Waals surface area contributed by atoms with Crippen molar-refractivity contribution in [1.29, 1.82) is 0 Å². The minimum Gasteiger partial charge on any atom is -0.358 e. The minimum absolute atomic E-state index is 0.0487. The average Bonchev–Trinajstić information content (AvgIpc) is 2.16. The van der Waals surface area contributed by atoms with Crippen LogP contribution in [0.4, 0.5) is 5.82 Å². The molecule has 1 rings (SSSR count). The Morgan fingerprint density at radius 2 is 2.12 bits per heavy atom. The van der Waals surface area contributed by atoms with Gasteiger partial charge in [-0.1, -0.05) is 6.58 Å². The van der Waals surface area contributed by atoms with Gasteiger partial charge in [0.25, 0.3) is 0 Å². The van der Waals surface area contributed by atoms with E-state index in [1.807, 2.05) is 0 Å². The van der Waals surface area contributed by atoms with Crippen LogP contribution in [0.3, 0.4) is 0 Å². The molecule has 0 N–H and O–H groups in total. The Morgan fingerprint density at radius 1 is 1.56 bits per heavy atom. The summed E-state index contributed by atoms with van der Waals surface area (Å²) in [7, 11) is 0. The van der Waals surface area contributed by atoms with Crippen LogP contribution in [0.1, 0.15) is 5.56 Å². The van der Waals surface area contributed by atoms with E-state index >= 15 is 0 Å². The summed E-state index contributed by atoms with van der Waals surface area (Å²) in [6.45, 7) is 3.51. The van der Waals surface area contributed by atoms with Gasteiger partial charge in [0.1, 0.15) is 4.47 Å². The van der Waals surface area contributed by atoms with Gasteiger partial charge >= 0.3 is 5.82 Å². The smallest absolute Gasteiger partial charge is 0.358 e. The molecular weight excluding hydrogens is 364 g/mol. The molecule has 0 unspecified atom stereocenters. The Hall–Kier alpha value is -0.730. The molecule has 1 aromatic rings. The number of carbonyl (C=O) groups excluding carboxylic acids is 1. The molecule has 0 radical (unpaired) electrons. The van der Waals surface area contributed by atoms with Gasteiger partial charge in [0, 0.05) is 11.1 Å². The van der Waals surface area contributed by atoms with Crippen molar-refractivity contribution < 1.29 is 9.72 Å². The molecule has 5 nitrogen and oxygen atoms in total. The SMILES string of the molecule is C=C(C(=O)S)c1c(Br)cnc([N+](=O)[O-])c1Br. The van der Waals surface area contributed by atoms with E-state index in [0.717, 1.165) is 0 Å². The van der Waals surface area contributed by atoms with E-state index < -0.39 is 10.0 Å². The highest BCUT2D eigenvalue weighted by molar-refractivity contribution is 9.11. The van der Waals surface area contributed by atoms with E-state index in [-0.39, 0.29) is 21.4 Å². The third-order valence-electron chi connectivity index (χ3n) is 1.69. The molecule has 0 amide bonds. The first-order valence-electron chi connectivity index (χ1n) is 3.77. The first-order chi connectivity index (χ1) is 7.36. The third-order valence-corrected chi connectivity index (χ3v) is 3.31. The van der Waals surface area contributed by atoms with Crippen LogP contribution in [0.15, 0.2) is 21.7 Å². The van der Waals surface area contributed by atoms with E-state index in [1.54, 1.807) is 0 Å². The largest absolute Gasteiger partial charge is 0.378 e. The van der Waals surface area contributed by atoms with Gasteiger partial charge in [-0.15, -0.1) is 12.6 Å². The first-order valence-corrected chi connectivity index (χ1v) is 5.80. The van der Waals surface area contributed by atoms with Gasteiger partial charge in [0.2, 0.25) is 5.12 Å². The third kappa shape index (κ3) is 2.50. The van der Waals surface area contributed by atoms with Crippen molar-refractivity contribution in [1.82, 2.24) is 4.98 Å². The summed E-state index contributed by atoms with van der Waals surface area (Å²) < 4.78 is 0.525. The molecule has 0 saturated heterocycles. The standard InChI is InChI=1S/C8H4Br2N2O3S/c1-3(8(13)16)5-4(9)2-11-7(6(5)10)12(14)15/h2H,1H2,(H,13,16). The summed E-state index contributed by atoms with van der Waals surface area (Å²) in [6, 6.07) is 0. The minimum atomic E-state index is -0.656. The fourth-order valence-electron chi connectivity index (χ4n) is 0.967. The fourth-order valence-corrected chi connectivity index (χ4v) is 2.58. The number of pyridine rings is 1. The highest BCUT2D eigenvalue weighted by Crippen LogP contribution is 2.36. The predicted octanol–water partition coefficient (Wildman–Crippen LogP) is 2.98. The van der Waals surface area contributed by atoms with Gasteiger partial charge in [-0.25, -0.2) is 0 Å². The van der Waals surface area contributed by atoms with Crippen LogP contribution in [0.5, 0.6) is 0 Å². The van der Waals surface area contributed by atoms with Gasteiger partial charge in [0.15, 0.2) is 6.20 Å². The van der Waals surface area contributed by atoms with Crippen LogP contribution >= 0.6 is 44.5 Å². The molecule has 0 aliphatic heterocycles. The van der Waals surface area contributed by atoms with Gasteiger partial charge in [-0.2, -0.15) is 0 Å². The van der Waals surface area contributed by atoms with Crippen molar-refractivity contribution in [3.8, 4) is 0 Å². The zero-order chi connectivity index (χ0) is 12.5. The molecule has 84 valence electrons. The number of nitrogens with zero attached hydrogens (tertiary/aromatic N) is 2. The van der Waals surface area contributed by atoms with Crippen molar-refractivity contribution in [2.24, 2.45) is 0 Å². The molecule has 0 atom stereocenters. The predicted molar refractivity (Wildman–Crippen MR) is 69.3 cm³/mol. The summed E-state index contributed by atoms with van der Waals surface area (Å²) in [6.07, 6.45) is 1.24. The number of aromatic nitrogens is 1. The van der Waals surface area contributed by atoms with Crippen LogP contribution in [0, 0.1) is 10.1 Å². The molecule has 0 aliphatic rings. The second-order valence-corrected chi connectivity index (χ2v) is 4.71. The number of nitro groups is 1. The summed E-state index contributed by atoms with van der Waals surface area (Å²) >= 11 is 9.77. The molecular formula is C8H4Br2N2O3S. The molecule has 1 heterocycles. The van der Waals surface area contributed by atoms with E-state index in [9.17, 15) is 14.9 Å². The van der Waals surface area contributed by atoms with Gasteiger partial charge in [-0.3, -0.25) is 4.79 Å². The van der Waals surface area contributed by atoms with Gasteiger partial charge in [-0.05, 0) is 41.8 Å². The zero-order valence-corrected chi connectivity index (χ0v) is 11.7. The van der Waals surface area contributed by atoms with Crippen LogP contribution in [0.25, 0.3) is 5.57 Å². The number of halogens is 2. The van der Waals surface area contributed by atoms with Crippen molar-refractivity contribution in [2.45, 2.75) is 0 Å². The van der Waals surface area contributed by atoms with Crippen LogP contribution in [-0.2, 0) is 4.79 Å². The lowest BCUT2D eigenvalue weighted by Crippen LogP contribution is -2.00. The maximum absolute atomic E-state index is 11.1. The van der Waals surface area contributed by atoms with E-state index in [1.165, 1.54) is 6.20 Å². The maximum Gasteiger partial charge on any atom is 0.378 e. The molecule has 0 spiro atoms. The number of carbonyl (C=O) groups is 1. The Bertz CT molecular complexity index is 504. The van der Waals surface area contributed by atoms with Crippen LogP contribution in [0.2, 0.25) is 0 Å². The summed E-state index contributed by atoms with van der Waals surface area (Å²) in [4.78, 5) is 24.7. The topological polar surface area (TPSA) is 73.1 Å². The van der Waals surface area contributed by atoms with Crippen LogP contribution < -0.4 is 0 Å². The highest BCUT2D eigenvalue weighted by atomic mass is 79.9. The fraction of sp³-hybridized carbons (Fsp3) is 0. The quantitative estimate of drug-likeness (QED) is 0.385. The molecule has 0 aliphatic carbocycles. The van der Waals surface area contributed by atoms with Crippen molar-refractivity contribution in [2.75, 3.05) is 0 Å². The van der Waals surface area contributed by atoms with Crippen molar-refractivity contribution in [3.63, 3.8) is 0 Å². The normalized spacial score (nSPS) is 9.94. The lowest BCUT2D eigenvalue weighted by atomic mass is 10.1. The number of rotatable bonds is 3. The molecule has 8 heteroatoms. The number of hydrogen-bond acceptors (Lipinski definition) is 4. The molecule has 0 bridgehead atoms. The highest BCUT2D eigenvalue weighted by Gasteiger charge is 2.23. The summed E-state index contributed by atoms with van der Waals surface area (Å²) in [5, 5.41) is 10.1. The lowest BCUT2D eigenvalue weighted by molar-refractivity contribution is -0.390. The molecule has 0 aromatic carbocycles. The number of thiol groups is 1.